The van der Waals surface area contributed by atoms with Crippen LogP contribution < -0.4 is 15.7 Å². The molecule has 0 saturated heterocycles. The van der Waals surface area contributed by atoms with Gasteiger partial charge in [-0.05, 0) is 60.1 Å². The number of nitrogens with one attached hydrogen (secondary N) is 2. The van der Waals surface area contributed by atoms with E-state index >= 15 is 0 Å². The summed E-state index contributed by atoms with van der Waals surface area (Å²) in [5.41, 5.74) is 3.11. The Morgan fingerprint density at radius 2 is 1.43 bits per heavy atom. The zero-order chi connectivity index (χ0) is 19.3. The maximum absolute atomic E-state index is 8.52. The molecule has 0 saturated carbocycles. The third-order valence-corrected chi connectivity index (χ3v) is 5.26. The van der Waals surface area contributed by atoms with Gasteiger partial charge in [0.1, 0.15) is 0 Å². The lowest BCUT2D eigenvalue weighted by atomic mass is 10.3. The first-order chi connectivity index (χ1) is 13.7. The van der Waals surface area contributed by atoms with Gasteiger partial charge in [-0.1, -0.05) is 54.6 Å². The summed E-state index contributed by atoms with van der Waals surface area (Å²) < 4.78 is 3.56. The predicted octanol–water partition coefficient (Wildman–Crippen LogP) is 4.30. The van der Waals surface area contributed by atoms with Crippen molar-refractivity contribution < 1.29 is 0 Å². The van der Waals surface area contributed by atoms with E-state index < -0.39 is 0 Å². The van der Waals surface area contributed by atoms with Gasteiger partial charge in [0.25, 0.3) is 0 Å². The molecular formula is C21H17N5S2. The maximum Gasteiger partial charge on any atom is 0.233 e. The second-order valence-corrected chi connectivity index (χ2v) is 7.23. The quantitative estimate of drug-likeness (QED) is 0.501. The molecule has 0 amide bonds. The van der Waals surface area contributed by atoms with Crippen LogP contribution in [0.3, 0.4) is 0 Å². The van der Waals surface area contributed by atoms with Crippen LogP contribution in [0.4, 0.5) is 11.4 Å². The van der Waals surface area contributed by atoms with Crippen LogP contribution in [-0.2, 0) is 0 Å². The van der Waals surface area contributed by atoms with Crippen LogP contribution in [0, 0.1) is 5.41 Å². The average Bonchev–Trinajstić information content (AvgIpc) is 3.06. The first-order valence-corrected chi connectivity index (χ1v) is 9.82. The lowest BCUT2D eigenvalue weighted by Gasteiger charge is -2.08. The molecule has 0 unspecified atom stereocenters. The van der Waals surface area contributed by atoms with E-state index in [0.29, 0.717) is 15.5 Å². The van der Waals surface area contributed by atoms with Crippen molar-refractivity contribution in [1.82, 2.24) is 8.52 Å². The van der Waals surface area contributed by atoms with Gasteiger partial charge in [0, 0.05) is 5.69 Å². The van der Waals surface area contributed by atoms with Crippen molar-refractivity contribution in [3.05, 3.63) is 101 Å². The highest BCUT2D eigenvalue weighted by Gasteiger charge is 2.12. The highest BCUT2D eigenvalue weighted by atomic mass is 32.1. The molecule has 1 heterocycles. The van der Waals surface area contributed by atoms with Gasteiger partial charge < -0.3 is 5.32 Å². The summed E-state index contributed by atoms with van der Waals surface area (Å²) in [5, 5.41) is 12.2. The lowest BCUT2D eigenvalue weighted by molar-refractivity contribution is 0.859. The second-order valence-electron chi connectivity index (χ2n) is 5.91. The Kier molecular flexibility index (Phi) is 5.27. The van der Waals surface area contributed by atoms with Gasteiger partial charge in [-0.2, -0.15) is 0 Å². The van der Waals surface area contributed by atoms with E-state index in [4.69, 9.17) is 22.6 Å². The van der Waals surface area contributed by atoms with Crippen molar-refractivity contribution in [2.45, 2.75) is 0 Å². The molecule has 7 heteroatoms. The molecule has 0 spiro atoms. The smallest absolute Gasteiger partial charge is 0.233 e. The summed E-state index contributed by atoms with van der Waals surface area (Å²) >= 11 is 6.87. The Bertz CT molecular complexity index is 1210. The molecule has 0 bridgehead atoms. The van der Waals surface area contributed by atoms with Crippen molar-refractivity contribution in [3.63, 3.8) is 0 Å². The van der Waals surface area contributed by atoms with E-state index in [0.717, 1.165) is 17.1 Å². The second kappa shape index (κ2) is 8.16. The van der Waals surface area contributed by atoms with Gasteiger partial charge in [-0.25, -0.2) is 8.95 Å². The van der Waals surface area contributed by atoms with Gasteiger partial charge in [-0.15, -0.1) is 0 Å². The van der Waals surface area contributed by atoms with Crippen molar-refractivity contribution in [2.24, 2.45) is 4.99 Å². The standard InChI is InChI=1S/C21H17N5S2/c22-19-25(18-14-8-3-9-15-18)20(23-16-10-4-1-5-11-16)26(28-19)21(27)24-17-12-6-2-7-13-17/h1-15,22H,(H,24,27). The molecule has 4 aromatic rings. The first kappa shape index (κ1) is 18.1. The fourth-order valence-corrected chi connectivity index (χ4v) is 3.79. The Morgan fingerprint density at radius 1 is 0.857 bits per heavy atom. The number of hydrogen-bond acceptors (Lipinski definition) is 4. The van der Waals surface area contributed by atoms with Gasteiger partial charge in [-0.3, -0.25) is 9.98 Å². The van der Waals surface area contributed by atoms with Crippen molar-refractivity contribution in [2.75, 3.05) is 5.32 Å². The van der Waals surface area contributed by atoms with Crippen molar-refractivity contribution >= 4 is 40.2 Å². The van der Waals surface area contributed by atoms with Crippen LogP contribution >= 0.6 is 23.8 Å². The van der Waals surface area contributed by atoms with Gasteiger partial charge in [0.2, 0.25) is 10.4 Å². The lowest BCUT2D eigenvalue weighted by Crippen LogP contribution is -2.33. The number of anilines is 1. The number of thiocarbonyl (C=S) groups is 1. The minimum Gasteiger partial charge on any atom is -0.331 e. The highest BCUT2D eigenvalue weighted by Crippen LogP contribution is 2.11. The summed E-state index contributed by atoms with van der Waals surface area (Å²) in [6, 6.07) is 29.1. The van der Waals surface area contributed by atoms with Crippen molar-refractivity contribution in [3.8, 4) is 5.69 Å². The Morgan fingerprint density at radius 3 is 2.07 bits per heavy atom. The molecule has 0 aliphatic heterocycles. The molecule has 0 fully saturated rings. The summed E-state index contributed by atoms with van der Waals surface area (Å²) in [7, 11) is 0. The number of para-hydroxylation sites is 3. The van der Waals surface area contributed by atoms with E-state index in [1.165, 1.54) is 11.5 Å². The minimum atomic E-state index is 0.332. The molecule has 0 aliphatic carbocycles. The Balaban J connectivity index is 1.88. The number of rotatable bonds is 3. The SMILES string of the molecule is N=c1sn(C(=S)Nc2ccccc2)c(=Nc2ccccc2)n1-c1ccccc1. The first-order valence-electron chi connectivity index (χ1n) is 8.64. The average molecular weight is 404 g/mol. The fourth-order valence-electron chi connectivity index (χ4n) is 2.70. The summed E-state index contributed by atoms with van der Waals surface area (Å²) in [6.07, 6.45) is 0. The van der Waals surface area contributed by atoms with Crippen molar-refractivity contribution in [1.29, 1.82) is 5.41 Å². The fraction of sp³-hybridized carbons (Fsp3) is 0. The molecular weight excluding hydrogens is 386 g/mol. The van der Waals surface area contributed by atoms with Crippen LogP contribution in [-0.4, -0.2) is 13.6 Å². The van der Waals surface area contributed by atoms with E-state index in [1.807, 2.05) is 91.0 Å². The predicted molar refractivity (Wildman–Crippen MR) is 117 cm³/mol. The number of nitrogens with zero attached hydrogens (tertiary/aromatic N) is 3. The van der Waals surface area contributed by atoms with E-state index in [2.05, 4.69) is 5.32 Å². The molecule has 138 valence electrons. The molecule has 3 aromatic carbocycles. The third-order valence-electron chi connectivity index (χ3n) is 3.97. The van der Waals surface area contributed by atoms with E-state index in [-0.39, 0.29) is 0 Å². The van der Waals surface area contributed by atoms with Crippen LogP contribution in [0.25, 0.3) is 5.69 Å². The van der Waals surface area contributed by atoms with Gasteiger partial charge in [0.05, 0.1) is 11.4 Å². The molecule has 0 radical (unpaired) electrons. The molecule has 4 rings (SSSR count). The zero-order valence-corrected chi connectivity index (χ0v) is 16.5. The molecule has 0 atom stereocenters. The van der Waals surface area contributed by atoms with Crippen LogP contribution in [0.2, 0.25) is 0 Å². The minimum absolute atomic E-state index is 0.332. The normalized spacial score (nSPS) is 11.4. The van der Waals surface area contributed by atoms with Crippen LogP contribution in [0.1, 0.15) is 0 Å². The van der Waals surface area contributed by atoms with E-state index in [9.17, 15) is 0 Å². The molecule has 0 aliphatic rings. The van der Waals surface area contributed by atoms with Gasteiger partial charge >= 0.3 is 0 Å². The summed E-state index contributed by atoms with van der Waals surface area (Å²) in [4.78, 5) is 5.12. The monoisotopic (exact) mass is 403 g/mol. The maximum atomic E-state index is 8.52. The molecule has 28 heavy (non-hydrogen) atoms. The van der Waals surface area contributed by atoms with Gasteiger partial charge in [0.15, 0.2) is 5.11 Å². The molecule has 2 N–H and O–H groups in total. The van der Waals surface area contributed by atoms with Crippen LogP contribution in [0.5, 0.6) is 0 Å². The van der Waals surface area contributed by atoms with Crippen LogP contribution in [0.15, 0.2) is 96.0 Å². The topological polar surface area (TPSA) is 58.1 Å². The van der Waals surface area contributed by atoms with E-state index in [1.54, 1.807) is 8.52 Å². The summed E-state index contributed by atoms with van der Waals surface area (Å²) in [6.45, 7) is 0. The highest BCUT2D eigenvalue weighted by molar-refractivity contribution is 7.80. The Hall–Kier alpha value is -3.29. The number of benzene rings is 3. The molecule has 5 nitrogen and oxygen atoms in total. The largest absolute Gasteiger partial charge is 0.331 e. The number of hydrogen-bond donors (Lipinski definition) is 2. The third kappa shape index (κ3) is 3.85. The Labute approximate surface area is 171 Å². The number of aromatic nitrogens is 2. The summed E-state index contributed by atoms with van der Waals surface area (Å²) in [5.74, 6) is 0. The molecule has 1 aromatic heterocycles. The zero-order valence-electron chi connectivity index (χ0n) is 14.8.